The van der Waals surface area contributed by atoms with Crippen LogP contribution in [0.5, 0.6) is 0 Å². The van der Waals surface area contributed by atoms with E-state index in [1.165, 1.54) is 0 Å². The van der Waals surface area contributed by atoms with Crippen LogP contribution in [-0.2, 0) is 23.7 Å². The number of fused-ring (bicyclic) bond motifs is 3. The van der Waals surface area contributed by atoms with Crippen LogP contribution in [0.2, 0.25) is 0 Å². The fraction of sp³-hybridized carbons (Fsp3) is 0.304. The minimum absolute atomic E-state index is 0.192. The Morgan fingerprint density at radius 3 is 1.86 bits per heavy atom. The Bertz CT molecular complexity index is 860. The van der Waals surface area contributed by atoms with Crippen LogP contribution in [-0.4, -0.2) is 31.2 Å². The summed E-state index contributed by atoms with van der Waals surface area (Å²) < 4.78 is 30.2. The van der Waals surface area contributed by atoms with Crippen LogP contribution in [0.3, 0.4) is 0 Å². The first kappa shape index (κ1) is 17.8. The summed E-state index contributed by atoms with van der Waals surface area (Å²) in [6, 6.07) is 15.9. The predicted octanol–water partition coefficient (Wildman–Crippen LogP) is 4.23. The molecule has 144 valence electrons. The van der Waals surface area contributed by atoms with E-state index in [2.05, 4.69) is 13.2 Å². The molecule has 3 saturated heterocycles. The van der Waals surface area contributed by atoms with Crippen LogP contribution < -0.4 is 0 Å². The van der Waals surface area contributed by atoms with Crippen molar-refractivity contribution in [3.8, 4) is 0 Å². The van der Waals surface area contributed by atoms with Crippen LogP contribution in [0.4, 0.5) is 0 Å². The van der Waals surface area contributed by atoms with Gasteiger partial charge in [-0.25, -0.2) is 0 Å². The van der Waals surface area contributed by atoms with E-state index < -0.39 is 18.9 Å². The molecule has 3 heterocycles. The van der Waals surface area contributed by atoms with E-state index in [1.54, 1.807) is 6.08 Å². The molecule has 0 bridgehead atoms. The maximum atomic E-state index is 6.21. The Labute approximate surface area is 164 Å². The molecule has 3 aliphatic rings. The third-order valence-corrected chi connectivity index (χ3v) is 5.39. The van der Waals surface area contributed by atoms with Crippen LogP contribution in [0, 0.1) is 0 Å². The van der Waals surface area contributed by atoms with Crippen LogP contribution in [0.1, 0.15) is 34.8 Å². The lowest BCUT2D eigenvalue weighted by Crippen LogP contribution is -2.43. The second-order valence-electron chi connectivity index (χ2n) is 7.12. The van der Waals surface area contributed by atoms with E-state index in [9.17, 15) is 0 Å². The zero-order valence-electron chi connectivity index (χ0n) is 15.4. The first-order chi connectivity index (χ1) is 13.7. The molecule has 6 atom stereocenters. The molecule has 3 aliphatic heterocycles. The van der Waals surface area contributed by atoms with Gasteiger partial charge in [-0.2, -0.15) is 0 Å². The molecule has 6 unspecified atom stereocenters. The molecule has 0 saturated carbocycles. The Kier molecular flexibility index (Phi) is 4.62. The molecule has 5 rings (SSSR count). The van der Waals surface area contributed by atoms with E-state index in [0.717, 1.165) is 22.3 Å². The van der Waals surface area contributed by atoms with Gasteiger partial charge in [0.05, 0.1) is 6.61 Å². The van der Waals surface area contributed by atoms with Crippen molar-refractivity contribution < 1.29 is 23.7 Å². The van der Waals surface area contributed by atoms with Gasteiger partial charge in [-0.3, -0.25) is 0 Å². The second-order valence-corrected chi connectivity index (χ2v) is 7.12. The summed E-state index contributed by atoms with van der Waals surface area (Å²) in [6.07, 6.45) is 1.54. The van der Waals surface area contributed by atoms with E-state index >= 15 is 0 Å². The summed E-state index contributed by atoms with van der Waals surface area (Å²) in [5.41, 5.74) is 4.02. The maximum Gasteiger partial charge on any atom is 0.190 e. The molecule has 2 aromatic rings. The summed E-state index contributed by atoms with van der Waals surface area (Å²) in [4.78, 5) is 0. The average molecular weight is 378 g/mol. The Balaban J connectivity index is 1.29. The van der Waals surface area contributed by atoms with E-state index in [4.69, 9.17) is 23.7 Å². The summed E-state index contributed by atoms with van der Waals surface area (Å²) in [6.45, 7) is 8.00. The van der Waals surface area contributed by atoms with Gasteiger partial charge < -0.3 is 23.7 Å². The highest BCUT2D eigenvalue weighted by atomic mass is 16.8. The van der Waals surface area contributed by atoms with Crippen LogP contribution >= 0.6 is 0 Å². The molecule has 5 nitrogen and oxygen atoms in total. The molecular weight excluding hydrogens is 356 g/mol. The van der Waals surface area contributed by atoms with Gasteiger partial charge >= 0.3 is 0 Å². The van der Waals surface area contributed by atoms with Gasteiger partial charge in [0.2, 0.25) is 0 Å². The molecular formula is C23H22O5. The number of hydrogen-bond donors (Lipinski definition) is 0. The lowest BCUT2D eigenvalue weighted by molar-refractivity contribution is -0.273. The second kappa shape index (κ2) is 7.28. The minimum Gasteiger partial charge on any atom is -0.346 e. The van der Waals surface area contributed by atoms with E-state index in [0.29, 0.717) is 6.61 Å². The summed E-state index contributed by atoms with van der Waals surface area (Å²) in [7, 11) is 0. The fourth-order valence-corrected chi connectivity index (χ4v) is 3.82. The highest BCUT2D eigenvalue weighted by Gasteiger charge is 2.55. The minimum atomic E-state index is -0.466. The number of rotatable bonds is 4. The molecule has 5 heteroatoms. The molecule has 0 radical (unpaired) electrons. The molecule has 0 amide bonds. The first-order valence-electron chi connectivity index (χ1n) is 9.43. The van der Waals surface area contributed by atoms with Gasteiger partial charge in [0, 0.05) is 11.1 Å². The normalized spacial score (nSPS) is 33.9. The zero-order valence-corrected chi connectivity index (χ0v) is 15.4. The van der Waals surface area contributed by atoms with Crippen LogP contribution in [0.15, 0.2) is 61.7 Å². The first-order valence-corrected chi connectivity index (χ1v) is 9.43. The molecule has 28 heavy (non-hydrogen) atoms. The maximum absolute atomic E-state index is 6.21. The van der Waals surface area contributed by atoms with Crippen molar-refractivity contribution in [2.24, 2.45) is 0 Å². The Morgan fingerprint density at radius 1 is 0.679 bits per heavy atom. The SMILES string of the molecule is C=Cc1ccc(C2OCC3OC4OC(c5ccc(C=C)cc5)OC4C3O2)cc1. The lowest BCUT2D eigenvalue weighted by Gasteiger charge is -2.33. The van der Waals surface area contributed by atoms with Crippen molar-refractivity contribution in [1.82, 2.24) is 0 Å². The van der Waals surface area contributed by atoms with Crippen molar-refractivity contribution in [2.75, 3.05) is 6.61 Å². The van der Waals surface area contributed by atoms with Gasteiger partial charge in [-0.15, -0.1) is 0 Å². The van der Waals surface area contributed by atoms with Crippen molar-refractivity contribution in [3.05, 3.63) is 83.9 Å². The molecule has 0 spiro atoms. The van der Waals surface area contributed by atoms with Gasteiger partial charge in [-0.05, 0) is 11.1 Å². The summed E-state index contributed by atoms with van der Waals surface area (Å²) in [5, 5.41) is 0. The van der Waals surface area contributed by atoms with E-state index in [1.807, 2.05) is 54.6 Å². The molecule has 0 aliphatic carbocycles. The van der Waals surface area contributed by atoms with Crippen molar-refractivity contribution in [2.45, 2.75) is 37.2 Å². The van der Waals surface area contributed by atoms with Gasteiger partial charge in [-0.1, -0.05) is 73.8 Å². The van der Waals surface area contributed by atoms with Gasteiger partial charge in [0.25, 0.3) is 0 Å². The third-order valence-electron chi connectivity index (χ3n) is 5.39. The Hall–Kier alpha value is -2.28. The standard InChI is InChI=1S/C23H22O5/c1-3-14-5-9-16(10-6-14)21-24-13-18-19(26-21)20-23(25-18)28-22(27-20)17-11-7-15(4-2)8-12-17/h3-12,18-23H,1-2,13H2. The highest BCUT2D eigenvalue weighted by molar-refractivity contribution is 5.48. The molecule has 2 aromatic carbocycles. The van der Waals surface area contributed by atoms with Crippen molar-refractivity contribution >= 4 is 12.2 Å². The fourth-order valence-electron chi connectivity index (χ4n) is 3.82. The van der Waals surface area contributed by atoms with Gasteiger partial charge in [0.1, 0.15) is 18.3 Å². The molecule has 0 aromatic heterocycles. The monoisotopic (exact) mass is 378 g/mol. The number of ether oxygens (including phenoxy) is 5. The highest BCUT2D eigenvalue weighted by Crippen LogP contribution is 2.43. The number of hydrogen-bond acceptors (Lipinski definition) is 5. The Morgan fingerprint density at radius 2 is 1.25 bits per heavy atom. The van der Waals surface area contributed by atoms with Crippen molar-refractivity contribution in [1.29, 1.82) is 0 Å². The van der Waals surface area contributed by atoms with Gasteiger partial charge in [0.15, 0.2) is 18.9 Å². The van der Waals surface area contributed by atoms with E-state index in [-0.39, 0.29) is 18.3 Å². The summed E-state index contributed by atoms with van der Waals surface area (Å²) >= 11 is 0. The summed E-state index contributed by atoms with van der Waals surface area (Å²) in [5.74, 6) is 0. The van der Waals surface area contributed by atoms with Crippen LogP contribution in [0.25, 0.3) is 12.2 Å². The topological polar surface area (TPSA) is 46.2 Å². The smallest absolute Gasteiger partial charge is 0.190 e. The largest absolute Gasteiger partial charge is 0.346 e. The lowest BCUT2D eigenvalue weighted by atomic mass is 10.1. The predicted molar refractivity (Wildman–Crippen MR) is 104 cm³/mol. The third kappa shape index (κ3) is 3.11. The number of benzene rings is 2. The molecule has 0 N–H and O–H groups in total. The zero-order chi connectivity index (χ0) is 19.1. The molecule has 3 fully saturated rings. The quantitative estimate of drug-likeness (QED) is 0.797. The van der Waals surface area contributed by atoms with Crippen molar-refractivity contribution in [3.63, 3.8) is 0 Å². The average Bonchev–Trinajstić information content (AvgIpc) is 3.32.